The van der Waals surface area contributed by atoms with E-state index in [-0.39, 0.29) is 6.42 Å². The van der Waals surface area contributed by atoms with Gasteiger partial charge in [-0.05, 0) is 76.2 Å². The number of carboxylic acids is 1. The number of aryl methyl sites for hydroxylation is 2. The van der Waals surface area contributed by atoms with Crippen LogP contribution in [0.5, 0.6) is 5.75 Å². The summed E-state index contributed by atoms with van der Waals surface area (Å²) in [5.41, 5.74) is 8.74. The number of fused-ring (bicyclic) bond motifs is 1. The largest absolute Gasteiger partial charge is 0.493 e. The van der Waals surface area contributed by atoms with Gasteiger partial charge in [0.1, 0.15) is 12.1 Å². The van der Waals surface area contributed by atoms with Crippen molar-refractivity contribution in [1.82, 2.24) is 15.0 Å². The van der Waals surface area contributed by atoms with Crippen molar-refractivity contribution in [2.45, 2.75) is 26.7 Å². The summed E-state index contributed by atoms with van der Waals surface area (Å²) < 4.78 is 5.93. The molecule has 6 heteroatoms. The Balaban J connectivity index is 1.71. The first kappa shape index (κ1) is 21.2. The normalized spacial score (nSPS) is 12.6. The van der Waals surface area contributed by atoms with Crippen LogP contribution in [0, 0.1) is 13.8 Å². The number of pyridine rings is 1. The highest BCUT2D eigenvalue weighted by molar-refractivity contribution is 6.10. The van der Waals surface area contributed by atoms with Gasteiger partial charge >= 0.3 is 5.97 Å². The Morgan fingerprint density at radius 2 is 1.83 bits per heavy atom. The lowest BCUT2D eigenvalue weighted by molar-refractivity contribution is -0.136. The molecule has 172 valence electrons. The fraction of sp³-hybridized carbons (Fsp3) is 0.172. The maximum Gasteiger partial charge on any atom is 0.307 e. The van der Waals surface area contributed by atoms with Gasteiger partial charge in [0.2, 0.25) is 0 Å². The van der Waals surface area contributed by atoms with Gasteiger partial charge in [-0.2, -0.15) is 0 Å². The predicted octanol–water partition coefficient (Wildman–Crippen LogP) is 5.69. The van der Waals surface area contributed by atoms with Crippen molar-refractivity contribution < 1.29 is 14.6 Å². The second kappa shape index (κ2) is 8.17. The summed E-state index contributed by atoms with van der Waals surface area (Å²) in [5, 5.41) is 12.9. The van der Waals surface area contributed by atoms with Crippen LogP contribution in [0.1, 0.15) is 22.3 Å². The third kappa shape index (κ3) is 3.41. The first-order chi connectivity index (χ1) is 17.0. The molecule has 0 amide bonds. The van der Waals surface area contributed by atoms with Crippen LogP contribution in [0.4, 0.5) is 0 Å². The van der Waals surface area contributed by atoms with Gasteiger partial charge in [-0.25, -0.2) is 9.97 Å². The number of carbonyl (C=O) groups is 1. The summed E-state index contributed by atoms with van der Waals surface area (Å²) in [6.45, 7) is 4.73. The zero-order chi connectivity index (χ0) is 24.1. The van der Waals surface area contributed by atoms with E-state index in [1.807, 2.05) is 43.7 Å². The van der Waals surface area contributed by atoms with Gasteiger partial charge in [-0.1, -0.05) is 18.2 Å². The minimum Gasteiger partial charge on any atom is -0.493 e. The highest BCUT2D eigenvalue weighted by atomic mass is 16.5. The molecular weight excluding hydrogens is 438 g/mol. The van der Waals surface area contributed by atoms with Crippen LogP contribution in [0.25, 0.3) is 43.9 Å². The monoisotopic (exact) mass is 461 g/mol. The van der Waals surface area contributed by atoms with E-state index >= 15 is 0 Å². The van der Waals surface area contributed by atoms with Crippen LogP contribution in [-0.2, 0) is 17.6 Å². The van der Waals surface area contributed by atoms with Crippen molar-refractivity contribution >= 4 is 27.6 Å². The van der Waals surface area contributed by atoms with Gasteiger partial charge in [0, 0.05) is 41.5 Å². The Morgan fingerprint density at radius 3 is 2.63 bits per heavy atom. The average Bonchev–Trinajstić information content (AvgIpc) is 2.87. The Labute approximate surface area is 202 Å². The van der Waals surface area contributed by atoms with Crippen molar-refractivity contribution in [3.05, 3.63) is 83.6 Å². The van der Waals surface area contributed by atoms with Crippen LogP contribution in [0.15, 0.2) is 61.3 Å². The number of nitrogens with zero attached hydrogens (tertiary/aromatic N) is 3. The first-order valence-corrected chi connectivity index (χ1v) is 11.6. The lowest BCUT2D eigenvalue weighted by Crippen LogP contribution is -2.10. The molecule has 6 nitrogen and oxygen atoms in total. The molecular formula is C29H23N3O3. The number of aromatic nitrogens is 3. The molecule has 3 heterocycles. The fourth-order valence-corrected chi connectivity index (χ4v) is 5.34. The zero-order valence-corrected chi connectivity index (χ0v) is 19.5. The second-order valence-corrected chi connectivity index (χ2v) is 8.98. The van der Waals surface area contributed by atoms with Crippen LogP contribution in [0.3, 0.4) is 0 Å². The molecule has 0 bridgehead atoms. The van der Waals surface area contributed by atoms with Gasteiger partial charge in [-0.15, -0.1) is 0 Å². The highest BCUT2D eigenvalue weighted by Crippen LogP contribution is 2.43. The molecule has 1 aliphatic heterocycles. The smallest absolute Gasteiger partial charge is 0.307 e. The third-order valence-electron chi connectivity index (χ3n) is 6.96. The molecule has 5 aromatic rings. The summed E-state index contributed by atoms with van der Waals surface area (Å²) in [6.07, 6.45) is 7.74. The van der Waals surface area contributed by atoms with Crippen molar-refractivity contribution in [3.8, 4) is 28.0 Å². The molecule has 0 atom stereocenters. The Bertz CT molecular complexity index is 1630. The molecule has 35 heavy (non-hydrogen) atoms. The van der Waals surface area contributed by atoms with E-state index in [2.05, 4.69) is 35.1 Å². The van der Waals surface area contributed by atoms with Crippen LogP contribution >= 0.6 is 0 Å². The predicted molar refractivity (Wildman–Crippen MR) is 136 cm³/mol. The second-order valence-electron chi connectivity index (χ2n) is 8.98. The Hall–Kier alpha value is -4.32. The molecule has 0 unspecified atom stereocenters. The average molecular weight is 462 g/mol. The molecule has 0 fully saturated rings. The minimum atomic E-state index is -0.859. The van der Waals surface area contributed by atoms with E-state index in [4.69, 9.17) is 9.72 Å². The molecule has 1 N–H and O–H groups in total. The van der Waals surface area contributed by atoms with E-state index in [0.29, 0.717) is 6.61 Å². The van der Waals surface area contributed by atoms with Gasteiger partial charge in [0.05, 0.1) is 18.5 Å². The van der Waals surface area contributed by atoms with Gasteiger partial charge in [0.15, 0.2) is 0 Å². The number of ether oxygens (including phenoxy) is 1. The molecule has 6 rings (SSSR count). The van der Waals surface area contributed by atoms with Crippen LogP contribution < -0.4 is 4.74 Å². The maximum atomic E-state index is 11.9. The van der Waals surface area contributed by atoms with Crippen LogP contribution in [-0.4, -0.2) is 32.6 Å². The lowest BCUT2D eigenvalue weighted by Gasteiger charge is -2.22. The zero-order valence-electron chi connectivity index (χ0n) is 19.5. The topological polar surface area (TPSA) is 85.2 Å². The van der Waals surface area contributed by atoms with Gasteiger partial charge < -0.3 is 9.84 Å². The number of benzene rings is 3. The van der Waals surface area contributed by atoms with E-state index in [1.165, 1.54) is 11.9 Å². The molecule has 0 saturated heterocycles. The Morgan fingerprint density at radius 1 is 1.03 bits per heavy atom. The SMILES string of the molecule is Cc1cc2c(C)c(-c3cncnc3)ccc2c(-c2ccc3c4c(ccnc24)CCO3)c1CC(=O)O. The third-order valence-corrected chi connectivity index (χ3v) is 6.96. The van der Waals surface area contributed by atoms with Gasteiger partial charge in [0.25, 0.3) is 0 Å². The number of hydrogen-bond acceptors (Lipinski definition) is 5. The van der Waals surface area contributed by atoms with E-state index in [1.54, 1.807) is 0 Å². The molecule has 3 aromatic carbocycles. The van der Waals surface area contributed by atoms with E-state index in [0.717, 1.165) is 72.8 Å². The van der Waals surface area contributed by atoms with Crippen molar-refractivity contribution in [2.24, 2.45) is 0 Å². The summed E-state index contributed by atoms with van der Waals surface area (Å²) in [7, 11) is 0. The lowest BCUT2D eigenvalue weighted by atomic mass is 9.84. The molecule has 0 spiro atoms. The summed E-state index contributed by atoms with van der Waals surface area (Å²) in [5.74, 6) is -0.0279. The maximum absolute atomic E-state index is 11.9. The van der Waals surface area contributed by atoms with Crippen molar-refractivity contribution in [3.63, 3.8) is 0 Å². The first-order valence-electron chi connectivity index (χ1n) is 11.6. The molecule has 1 aliphatic rings. The number of hydrogen-bond donors (Lipinski definition) is 1. The van der Waals surface area contributed by atoms with Gasteiger partial charge in [-0.3, -0.25) is 9.78 Å². The summed E-state index contributed by atoms with van der Waals surface area (Å²) >= 11 is 0. The highest BCUT2D eigenvalue weighted by Gasteiger charge is 2.23. The van der Waals surface area contributed by atoms with Crippen LogP contribution in [0.2, 0.25) is 0 Å². The van der Waals surface area contributed by atoms with Crippen molar-refractivity contribution in [2.75, 3.05) is 6.61 Å². The quantitative estimate of drug-likeness (QED) is 0.370. The number of aliphatic carboxylic acids is 1. The number of rotatable bonds is 4. The molecule has 0 radical (unpaired) electrons. The standard InChI is InChI=1S/C29H23N3O3/c1-16-11-24-17(2)20(19-13-30-15-31-14-19)3-4-21(24)28(23(16)12-26(33)34)22-5-6-25-27-18(8-10-35-25)7-9-32-29(22)27/h3-7,9,11,13-15H,8,10,12H2,1-2H3,(H,33,34). The Kier molecular flexibility index (Phi) is 4.95. The molecule has 2 aromatic heterocycles. The van der Waals surface area contributed by atoms with Crippen molar-refractivity contribution in [1.29, 1.82) is 0 Å². The molecule has 0 saturated carbocycles. The van der Waals surface area contributed by atoms with E-state index in [9.17, 15) is 9.90 Å². The summed E-state index contributed by atoms with van der Waals surface area (Å²) in [4.78, 5) is 25.0. The van der Waals surface area contributed by atoms with E-state index < -0.39 is 5.97 Å². The number of carboxylic acid groups (broad SMARTS) is 1. The fourth-order valence-electron chi connectivity index (χ4n) is 5.34. The minimum absolute atomic E-state index is 0.0656. The summed E-state index contributed by atoms with van der Waals surface area (Å²) in [6, 6.07) is 12.3. The molecule has 0 aliphatic carbocycles.